The summed E-state index contributed by atoms with van der Waals surface area (Å²) in [7, 11) is 2.20. The van der Waals surface area contributed by atoms with Crippen molar-refractivity contribution in [3.05, 3.63) is 36.1 Å². The molecule has 1 aliphatic rings. The summed E-state index contributed by atoms with van der Waals surface area (Å²) in [6.45, 7) is 8.27. The molecule has 0 amide bonds. The summed E-state index contributed by atoms with van der Waals surface area (Å²) in [4.78, 5) is 7.22. The van der Waals surface area contributed by atoms with Crippen LogP contribution in [0.1, 0.15) is 38.5 Å². The minimum absolute atomic E-state index is 0.0687. The number of fused-ring (bicyclic) bond motifs is 1. The number of guanidine groups is 1. The third kappa shape index (κ3) is 4.75. The number of nitrogens with one attached hydrogen (secondary N) is 2. The molecular weight excluding hydrogens is 312 g/mol. The second-order valence-electron chi connectivity index (χ2n) is 7.04. The second-order valence-corrected chi connectivity index (χ2v) is 7.04. The Morgan fingerprint density at radius 2 is 2.24 bits per heavy atom. The predicted octanol–water partition coefficient (Wildman–Crippen LogP) is 3.39. The third-order valence-corrected chi connectivity index (χ3v) is 4.80. The molecule has 5 heteroatoms. The second kappa shape index (κ2) is 8.39. The molecule has 1 aromatic carbocycles. The minimum Gasteiger partial charge on any atom is -0.459 e. The highest BCUT2D eigenvalue weighted by atomic mass is 16.3. The van der Waals surface area contributed by atoms with E-state index in [1.54, 1.807) is 0 Å². The number of para-hydroxylation sites is 1. The smallest absolute Gasteiger partial charge is 0.191 e. The van der Waals surface area contributed by atoms with Crippen molar-refractivity contribution in [3.63, 3.8) is 0 Å². The fourth-order valence-electron chi connectivity index (χ4n) is 3.45. The molecule has 0 bridgehead atoms. The zero-order chi connectivity index (χ0) is 17.6. The normalized spacial score (nSPS) is 20.6. The lowest BCUT2D eigenvalue weighted by atomic mass is 9.99. The lowest BCUT2D eigenvalue weighted by Crippen LogP contribution is -2.40. The van der Waals surface area contributed by atoms with Crippen molar-refractivity contribution in [1.82, 2.24) is 15.5 Å². The third-order valence-electron chi connectivity index (χ3n) is 4.80. The van der Waals surface area contributed by atoms with Gasteiger partial charge in [-0.05, 0) is 58.3 Å². The van der Waals surface area contributed by atoms with Crippen LogP contribution in [0.4, 0.5) is 0 Å². The Morgan fingerprint density at radius 3 is 3.00 bits per heavy atom. The van der Waals surface area contributed by atoms with E-state index in [2.05, 4.69) is 48.6 Å². The van der Waals surface area contributed by atoms with E-state index in [0.29, 0.717) is 5.92 Å². The van der Waals surface area contributed by atoms with Crippen LogP contribution >= 0.6 is 0 Å². The van der Waals surface area contributed by atoms with Crippen LogP contribution in [0.5, 0.6) is 0 Å². The van der Waals surface area contributed by atoms with Gasteiger partial charge >= 0.3 is 0 Å². The first-order valence-electron chi connectivity index (χ1n) is 9.37. The predicted molar refractivity (Wildman–Crippen MR) is 104 cm³/mol. The summed E-state index contributed by atoms with van der Waals surface area (Å²) in [6.07, 6.45) is 2.54. The number of likely N-dealkylation sites (tertiary alicyclic amines) is 1. The number of aliphatic imine (C=N–C) groups is 1. The summed E-state index contributed by atoms with van der Waals surface area (Å²) in [5.74, 6) is 2.45. The maximum absolute atomic E-state index is 5.97. The van der Waals surface area contributed by atoms with Crippen LogP contribution in [-0.2, 0) is 0 Å². The fourth-order valence-corrected chi connectivity index (χ4v) is 3.45. The van der Waals surface area contributed by atoms with Gasteiger partial charge in [-0.1, -0.05) is 18.2 Å². The Balaban J connectivity index is 1.64. The maximum Gasteiger partial charge on any atom is 0.191 e. The molecule has 0 saturated carbocycles. The molecule has 25 heavy (non-hydrogen) atoms. The van der Waals surface area contributed by atoms with Gasteiger partial charge in [-0.25, -0.2) is 0 Å². The number of hydrogen-bond donors (Lipinski definition) is 2. The number of rotatable bonds is 5. The van der Waals surface area contributed by atoms with E-state index in [1.165, 1.54) is 19.4 Å². The quantitative estimate of drug-likeness (QED) is 0.646. The van der Waals surface area contributed by atoms with Crippen LogP contribution < -0.4 is 10.6 Å². The lowest BCUT2D eigenvalue weighted by Gasteiger charge is -2.28. The highest BCUT2D eigenvalue weighted by Gasteiger charge is 2.17. The van der Waals surface area contributed by atoms with Crippen molar-refractivity contribution in [3.8, 4) is 0 Å². The van der Waals surface area contributed by atoms with Crippen molar-refractivity contribution in [2.24, 2.45) is 10.9 Å². The minimum atomic E-state index is 0.0687. The molecular formula is C20H30N4O. The average molecular weight is 342 g/mol. The Kier molecular flexibility index (Phi) is 5.97. The molecule has 136 valence electrons. The van der Waals surface area contributed by atoms with Crippen molar-refractivity contribution < 1.29 is 4.42 Å². The van der Waals surface area contributed by atoms with E-state index in [1.807, 2.05) is 18.2 Å². The molecule has 2 atom stereocenters. The van der Waals surface area contributed by atoms with E-state index in [9.17, 15) is 0 Å². The highest BCUT2D eigenvalue weighted by molar-refractivity contribution is 5.81. The van der Waals surface area contributed by atoms with Crippen molar-refractivity contribution in [1.29, 1.82) is 0 Å². The molecule has 2 heterocycles. The maximum atomic E-state index is 5.97. The number of benzene rings is 1. The van der Waals surface area contributed by atoms with E-state index < -0.39 is 0 Å². The Bertz CT molecular complexity index is 676. The lowest BCUT2D eigenvalue weighted by molar-refractivity contribution is 0.214. The highest BCUT2D eigenvalue weighted by Crippen LogP contribution is 2.23. The zero-order valence-electron chi connectivity index (χ0n) is 15.6. The van der Waals surface area contributed by atoms with Crippen LogP contribution in [0.2, 0.25) is 0 Å². The van der Waals surface area contributed by atoms with Crippen molar-refractivity contribution >= 4 is 16.9 Å². The fraction of sp³-hybridized carbons (Fsp3) is 0.550. The first-order chi connectivity index (χ1) is 12.2. The van der Waals surface area contributed by atoms with Gasteiger partial charge in [0.2, 0.25) is 0 Å². The Hall–Kier alpha value is -2.01. The zero-order valence-corrected chi connectivity index (χ0v) is 15.6. The summed E-state index contributed by atoms with van der Waals surface area (Å²) >= 11 is 0. The monoisotopic (exact) mass is 342 g/mol. The molecule has 1 saturated heterocycles. The molecule has 1 aliphatic heterocycles. The summed E-state index contributed by atoms with van der Waals surface area (Å²) < 4.78 is 5.97. The Labute approximate surface area is 150 Å². The van der Waals surface area contributed by atoms with Crippen LogP contribution in [0.15, 0.2) is 39.7 Å². The van der Waals surface area contributed by atoms with Crippen molar-refractivity contribution in [2.45, 2.75) is 32.7 Å². The number of hydrogen-bond acceptors (Lipinski definition) is 3. The average Bonchev–Trinajstić information content (AvgIpc) is 3.04. The molecule has 2 N–H and O–H groups in total. The van der Waals surface area contributed by atoms with Gasteiger partial charge in [0.25, 0.3) is 0 Å². The summed E-state index contributed by atoms with van der Waals surface area (Å²) in [5, 5.41) is 7.97. The van der Waals surface area contributed by atoms with Crippen LogP contribution in [-0.4, -0.2) is 44.1 Å². The van der Waals surface area contributed by atoms with Crippen molar-refractivity contribution in [2.75, 3.05) is 33.2 Å². The molecule has 0 aliphatic carbocycles. The van der Waals surface area contributed by atoms with Gasteiger partial charge in [0, 0.05) is 25.0 Å². The van der Waals surface area contributed by atoms with Crippen LogP contribution in [0, 0.1) is 5.92 Å². The standard InChI is InChI=1S/C20H30N4O/c1-4-21-20(22-13-16-8-7-11-24(3)14-16)23-15(2)19-12-17-9-5-6-10-18(17)25-19/h5-6,9-10,12,15-16H,4,7-8,11,13-14H2,1-3H3,(H2,21,22,23). The molecule has 3 rings (SSSR count). The molecule has 0 radical (unpaired) electrons. The SMILES string of the molecule is CCNC(=NCC1CCCN(C)C1)NC(C)c1cc2ccccc2o1. The topological polar surface area (TPSA) is 52.8 Å². The largest absolute Gasteiger partial charge is 0.459 e. The van der Waals surface area contributed by atoms with Gasteiger partial charge < -0.3 is 20.0 Å². The van der Waals surface area contributed by atoms with E-state index >= 15 is 0 Å². The van der Waals surface area contributed by atoms with Crippen LogP contribution in [0.25, 0.3) is 11.0 Å². The number of nitrogens with zero attached hydrogens (tertiary/aromatic N) is 2. The van der Waals surface area contributed by atoms with E-state index in [-0.39, 0.29) is 6.04 Å². The van der Waals surface area contributed by atoms with Gasteiger partial charge in [-0.2, -0.15) is 0 Å². The number of piperidine rings is 1. The molecule has 1 aromatic heterocycles. The summed E-state index contributed by atoms with van der Waals surface area (Å²) in [5.41, 5.74) is 0.929. The van der Waals surface area contributed by atoms with E-state index in [0.717, 1.165) is 42.3 Å². The summed E-state index contributed by atoms with van der Waals surface area (Å²) in [6, 6.07) is 10.3. The van der Waals surface area contributed by atoms with Gasteiger partial charge in [0.15, 0.2) is 5.96 Å². The van der Waals surface area contributed by atoms with Crippen LogP contribution in [0.3, 0.4) is 0 Å². The molecule has 2 aromatic rings. The van der Waals surface area contributed by atoms with Gasteiger partial charge in [-0.3, -0.25) is 4.99 Å². The molecule has 5 nitrogen and oxygen atoms in total. The molecule has 1 fully saturated rings. The number of furan rings is 1. The van der Waals surface area contributed by atoms with Gasteiger partial charge in [0.1, 0.15) is 11.3 Å². The Morgan fingerprint density at radius 1 is 1.40 bits per heavy atom. The molecule has 0 spiro atoms. The molecule has 2 unspecified atom stereocenters. The van der Waals surface area contributed by atoms with E-state index in [4.69, 9.17) is 9.41 Å². The van der Waals surface area contributed by atoms with Gasteiger partial charge in [-0.15, -0.1) is 0 Å². The first kappa shape index (κ1) is 17.8. The first-order valence-corrected chi connectivity index (χ1v) is 9.37. The van der Waals surface area contributed by atoms with Gasteiger partial charge in [0.05, 0.1) is 6.04 Å².